The van der Waals surface area contributed by atoms with Crippen molar-refractivity contribution in [2.24, 2.45) is 0 Å². The van der Waals surface area contributed by atoms with Gasteiger partial charge in [0.1, 0.15) is 0 Å². The first-order valence-electron chi connectivity index (χ1n) is 6.75. The van der Waals surface area contributed by atoms with Crippen LogP contribution in [0.4, 0.5) is 0 Å². The molecule has 2 aromatic rings. The van der Waals surface area contributed by atoms with Crippen LogP contribution in [0.25, 0.3) is 0 Å². The molecule has 0 aliphatic heterocycles. The Morgan fingerprint density at radius 3 is 2.95 bits per heavy atom. The fraction of sp³-hybridized carbons (Fsp3) is 0.250. The summed E-state index contributed by atoms with van der Waals surface area (Å²) in [5.74, 6) is -0.326. The summed E-state index contributed by atoms with van der Waals surface area (Å²) in [7, 11) is 0. The van der Waals surface area contributed by atoms with Gasteiger partial charge in [0.15, 0.2) is 0 Å². The van der Waals surface area contributed by atoms with E-state index in [0.717, 1.165) is 16.8 Å². The number of hydrogen-bond acceptors (Lipinski definition) is 3. The number of halogens is 1. The Morgan fingerprint density at radius 2 is 2.19 bits per heavy atom. The van der Waals surface area contributed by atoms with Crippen LogP contribution in [0.1, 0.15) is 33.2 Å². The molecule has 1 aromatic heterocycles. The van der Waals surface area contributed by atoms with Gasteiger partial charge in [-0.3, -0.25) is 9.78 Å². The summed E-state index contributed by atoms with van der Waals surface area (Å²) in [5.41, 5.74) is 3.08. The fourth-order valence-electron chi connectivity index (χ4n) is 2.66. The van der Waals surface area contributed by atoms with E-state index in [-0.39, 0.29) is 5.91 Å². The van der Waals surface area contributed by atoms with Gasteiger partial charge < -0.3 is 10.4 Å². The molecule has 21 heavy (non-hydrogen) atoms. The molecular weight excluding hydrogens is 288 g/mol. The highest BCUT2D eigenvalue weighted by molar-refractivity contribution is 6.33. The standard InChI is InChI=1S/C16H15ClN2O2/c1-9-6-13(17)12(8-18-9)16(21)19-15-11-5-3-2-4-10(11)7-14(15)20/h2-6,8,14-15,20H,7H2,1H3,(H,19,21)/t14-,15+/m0/s1. The molecule has 4 nitrogen and oxygen atoms in total. The summed E-state index contributed by atoms with van der Waals surface area (Å²) in [6.07, 6.45) is 1.38. The molecule has 0 radical (unpaired) electrons. The molecule has 3 rings (SSSR count). The van der Waals surface area contributed by atoms with Crippen molar-refractivity contribution >= 4 is 17.5 Å². The van der Waals surface area contributed by atoms with Gasteiger partial charge >= 0.3 is 0 Å². The number of carbonyl (C=O) groups excluding carboxylic acids is 1. The van der Waals surface area contributed by atoms with Gasteiger partial charge in [-0.25, -0.2) is 0 Å². The maximum atomic E-state index is 12.3. The smallest absolute Gasteiger partial charge is 0.254 e. The highest BCUT2D eigenvalue weighted by atomic mass is 35.5. The third kappa shape index (κ3) is 2.64. The number of aromatic nitrogens is 1. The highest BCUT2D eigenvalue weighted by Crippen LogP contribution is 2.31. The molecule has 5 heteroatoms. The van der Waals surface area contributed by atoms with E-state index >= 15 is 0 Å². The fourth-order valence-corrected chi connectivity index (χ4v) is 2.95. The molecule has 1 aromatic carbocycles. The number of nitrogens with one attached hydrogen (secondary N) is 1. The monoisotopic (exact) mass is 302 g/mol. The maximum absolute atomic E-state index is 12.3. The molecule has 0 spiro atoms. The lowest BCUT2D eigenvalue weighted by atomic mass is 10.1. The molecule has 1 aliphatic rings. The van der Waals surface area contributed by atoms with E-state index in [0.29, 0.717) is 17.0 Å². The van der Waals surface area contributed by atoms with E-state index in [1.165, 1.54) is 6.20 Å². The Labute approximate surface area is 127 Å². The molecule has 0 saturated heterocycles. The zero-order chi connectivity index (χ0) is 15.0. The van der Waals surface area contributed by atoms with Crippen molar-refractivity contribution in [2.75, 3.05) is 0 Å². The van der Waals surface area contributed by atoms with Crippen LogP contribution in [-0.4, -0.2) is 22.1 Å². The Kier molecular flexibility index (Phi) is 3.66. The number of fused-ring (bicyclic) bond motifs is 1. The quantitative estimate of drug-likeness (QED) is 0.895. The maximum Gasteiger partial charge on any atom is 0.254 e. The van der Waals surface area contributed by atoms with Crippen molar-refractivity contribution in [2.45, 2.75) is 25.5 Å². The van der Waals surface area contributed by atoms with Crippen LogP contribution in [0.15, 0.2) is 36.5 Å². The normalized spacial score (nSPS) is 20.1. The van der Waals surface area contributed by atoms with Gasteiger partial charge in [-0.05, 0) is 24.1 Å². The number of aliphatic hydroxyl groups excluding tert-OH is 1. The zero-order valence-electron chi connectivity index (χ0n) is 11.5. The molecule has 1 aliphatic carbocycles. The minimum atomic E-state index is -0.622. The molecule has 2 N–H and O–H groups in total. The molecule has 0 unspecified atom stereocenters. The minimum absolute atomic E-state index is 0.318. The number of hydrogen-bond donors (Lipinski definition) is 2. The van der Waals surface area contributed by atoms with Crippen LogP contribution in [0.5, 0.6) is 0 Å². The van der Waals surface area contributed by atoms with E-state index in [1.807, 2.05) is 31.2 Å². The van der Waals surface area contributed by atoms with Gasteiger partial charge in [-0.15, -0.1) is 0 Å². The number of benzene rings is 1. The minimum Gasteiger partial charge on any atom is -0.390 e. The Hall–Kier alpha value is -1.91. The number of aryl methyl sites for hydroxylation is 1. The van der Waals surface area contributed by atoms with Crippen LogP contribution in [0.2, 0.25) is 5.02 Å². The third-order valence-corrected chi connectivity index (χ3v) is 4.04. The van der Waals surface area contributed by atoms with Crippen molar-refractivity contribution < 1.29 is 9.90 Å². The van der Waals surface area contributed by atoms with Gasteiger partial charge in [0, 0.05) is 18.3 Å². The van der Waals surface area contributed by atoms with Crippen LogP contribution < -0.4 is 5.32 Å². The van der Waals surface area contributed by atoms with Gasteiger partial charge in [-0.1, -0.05) is 35.9 Å². The SMILES string of the molecule is Cc1cc(Cl)c(C(=O)N[C@@H]2c3ccccc3C[C@@H]2O)cn1. The molecule has 0 fully saturated rings. The van der Waals surface area contributed by atoms with Crippen LogP contribution >= 0.6 is 11.6 Å². The van der Waals surface area contributed by atoms with E-state index < -0.39 is 12.1 Å². The first-order valence-corrected chi connectivity index (χ1v) is 7.13. The molecule has 1 heterocycles. The summed E-state index contributed by atoms with van der Waals surface area (Å²) >= 11 is 6.08. The highest BCUT2D eigenvalue weighted by Gasteiger charge is 2.32. The average molecular weight is 303 g/mol. The number of carbonyl (C=O) groups is 1. The van der Waals surface area contributed by atoms with E-state index in [4.69, 9.17) is 11.6 Å². The van der Waals surface area contributed by atoms with Crippen LogP contribution in [0.3, 0.4) is 0 Å². The number of aliphatic hydroxyl groups is 1. The summed E-state index contributed by atoms with van der Waals surface area (Å²) in [6.45, 7) is 1.81. The van der Waals surface area contributed by atoms with Gasteiger partial charge in [0.05, 0.1) is 22.7 Å². The lowest BCUT2D eigenvalue weighted by Gasteiger charge is -2.18. The molecule has 0 bridgehead atoms. The van der Waals surface area contributed by atoms with Crippen LogP contribution in [-0.2, 0) is 6.42 Å². The zero-order valence-corrected chi connectivity index (χ0v) is 12.3. The van der Waals surface area contributed by atoms with Crippen molar-refractivity contribution in [3.63, 3.8) is 0 Å². The third-order valence-electron chi connectivity index (χ3n) is 3.73. The number of amides is 1. The van der Waals surface area contributed by atoms with Crippen LogP contribution in [0, 0.1) is 6.92 Å². The lowest BCUT2D eigenvalue weighted by molar-refractivity contribution is 0.0858. The largest absolute Gasteiger partial charge is 0.390 e. The molecule has 1 amide bonds. The predicted molar refractivity (Wildman–Crippen MR) is 80.3 cm³/mol. The Balaban J connectivity index is 1.85. The van der Waals surface area contributed by atoms with Crippen molar-refractivity contribution in [3.05, 3.63) is 63.9 Å². The van der Waals surface area contributed by atoms with Gasteiger partial charge in [0.2, 0.25) is 0 Å². The summed E-state index contributed by atoms with van der Waals surface area (Å²) in [6, 6.07) is 8.95. The van der Waals surface area contributed by atoms with Crippen molar-refractivity contribution in [1.82, 2.24) is 10.3 Å². The first kappa shape index (κ1) is 14.0. The Morgan fingerprint density at radius 1 is 1.43 bits per heavy atom. The second kappa shape index (κ2) is 5.47. The summed E-state index contributed by atoms with van der Waals surface area (Å²) in [4.78, 5) is 16.4. The Bertz CT molecular complexity index is 702. The predicted octanol–water partition coefficient (Wildman–Crippen LogP) is 2.43. The first-order chi connectivity index (χ1) is 10.1. The molecule has 108 valence electrons. The number of nitrogens with zero attached hydrogens (tertiary/aromatic N) is 1. The molecular formula is C16H15ClN2O2. The second-order valence-electron chi connectivity index (χ2n) is 5.23. The average Bonchev–Trinajstić information content (AvgIpc) is 2.75. The van der Waals surface area contributed by atoms with E-state index in [9.17, 15) is 9.90 Å². The van der Waals surface area contributed by atoms with Crippen molar-refractivity contribution in [1.29, 1.82) is 0 Å². The van der Waals surface area contributed by atoms with Crippen molar-refractivity contribution in [3.8, 4) is 0 Å². The number of pyridine rings is 1. The van der Waals surface area contributed by atoms with Gasteiger partial charge in [0.25, 0.3) is 5.91 Å². The topological polar surface area (TPSA) is 62.2 Å². The number of rotatable bonds is 2. The summed E-state index contributed by atoms with van der Waals surface area (Å²) < 4.78 is 0. The molecule has 2 atom stereocenters. The van der Waals surface area contributed by atoms with E-state index in [2.05, 4.69) is 10.3 Å². The van der Waals surface area contributed by atoms with Gasteiger partial charge in [-0.2, -0.15) is 0 Å². The lowest BCUT2D eigenvalue weighted by Crippen LogP contribution is -2.34. The second-order valence-corrected chi connectivity index (χ2v) is 5.63. The van der Waals surface area contributed by atoms with E-state index in [1.54, 1.807) is 6.07 Å². The summed E-state index contributed by atoms with van der Waals surface area (Å²) in [5, 5.41) is 13.4. The molecule has 0 saturated carbocycles.